The SMILES string of the molecule is Cc1ccc(S(=O)(=O)N(C)c2ccc(OC(=O)c3cnc4ccccc4n3)cc2)cc1. The third kappa shape index (κ3) is 4.24. The van der Waals surface area contributed by atoms with Crippen molar-refractivity contribution in [1.29, 1.82) is 0 Å². The number of aromatic nitrogens is 2. The number of carbonyl (C=O) groups excluding carboxylic acids is 1. The van der Waals surface area contributed by atoms with E-state index in [1.165, 1.54) is 29.7 Å². The fourth-order valence-corrected chi connectivity index (χ4v) is 4.14. The fourth-order valence-electron chi connectivity index (χ4n) is 2.95. The number of nitrogens with zero attached hydrogens (tertiary/aromatic N) is 3. The molecule has 7 nitrogen and oxygen atoms in total. The van der Waals surface area contributed by atoms with Gasteiger partial charge >= 0.3 is 5.97 Å². The second kappa shape index (κ2) is 8.16. The summed E-state index contributed by atoms with van der Waals surface area (Å²) in [6.45, 7) is 1.89. The summed E-state index contributed by atoms with van der Waals surface area (Å²) in [4.78, 5) is 21.1. The number of rotatable bonds is 5. The molecule has 0 atom stereocenters. The number of aryl methyl sites for hydroxylation is 1. The lowest BCUT2D eigenvalue weighted by Gasteiger charge is -2.20. The van der Waals surface area contributed by atoms with E-state index < -0.39 is 16.0 Å². The van der Waals surface area contributed by atoms with Crippen molar-refractivity contribution in [3.63, 3.8) is 0 Å². The number of anilines is 1. The minimum atomic E-state index is -3.70. The van der Waals surface area contributed by atoms with Crippen molar-refractivity contribution in [2.24, 2.45) is 0 Å². The third-order valence-electron chi connectivity index (χ3n) is 4.75. The quantitative estimate of drug-likeness (QED) is 0.349. The lowest BCUT2D eigenvalue weighted by Crippen LogP contribution is -2.26. The highest BCUT2D eigenvalue weighted by atomic mass is 32.2. The second-order valence-electron chi connectivity index (χ2n) is 6.91. The molecule has 0 fully saturated rings. The molecule has 3 aromatic carbocycles. The van der Waals surface area contributed by atoms with Crippen LogP contribution in [0.25, 0.3) is 11.0 Å². The summed E-state index contributed by atoms with van der Waals surface area (Å²) in [5.74, 6) is -0.378. The Balaban J connectivity index is 1.50. The lowest BCUT2D eigenvalue weighted by molar-refractivity contribution is 0.0728. The van der Waals surface area contributed by atoms with E-state index in [1.807, 2.05) is 19.1 Å². The van der Waals surface area contributed by atoms with Gasteiger partial charge in [-0.15, -0.1) is 0 Å². The molecule has 156 valence electrons. The van der Waals surface area contributed by atoms with Crippen LogP contribution in [-0.2, 0) is 10.0 Å². The van der Waals surface area contributed by atoms with Crippen LogP contribution < -0.4 is 9.04 Å². The van der Waals surface area contributed by atoms with Gasteiger partial charge in [0.1, 0.15) is 5.75 Å². The molecule has 0 unspecified atom stereocenters. The summed E-state index contributed by atoms with van der Waals surface area (Å²) in [6, 6.07) is 20.1. The average molecular weight is 433 g/mol. The van der Waals surface area contributed by atoms with Gasteiger partial charge in [0.05, 0.1) is 27.8 Å². The Bertz CT molecular complexity index is 1350. The lowest BCUT2D eigenvalue weighted by atomic mass is 10.2. The fraction of sp³-hybridized carbons (Fsp3) is 0.0870. The van der Waals surface area contributed by atoms with Crippen molar-refractivity contribution in [2.75, 3.05) is 11.4 Å². The predicted molar refractivity (Wildman–Crippen MR) is 118 cm³/mol. The molecule has 0 aliphatic heterocycles. The van der Waals surface area contributed by atoms with E-state index in [-0.39, 0.29) is 16.3 Å². The summed E-state index contributed by atoms with van der Waals surface area (Å²) in [6.07, 6.45) is 1.36. The summed E-state index contributed by atoms with van der Waals surface area (Å²) >= 11 is 0. The van der Waals surface area contributed by atoms with Gasteiger partial charge < -0.3 is 4.74 Å². The van der Waals surface area contributed by atoms with Gasteiger partial charge in [0, 0.05) is 7.05 Å². The topological polar surface area (TPSA) is 89.5 Å². The molecule has 0 aliphatic rings. The highest BCUT2D eigenvalue weighted by Gasteiger charge is 2.21. The van der Waals surface area contributed by atoms with Gasteiger partial charge in [0.25, 0.3) is 10.0 Å². The van der Waals surface area contributed by atoms with Crippen LogP contribution in [0.3, 0.4) is 0 Å². The zero-order valence-electron chi connectivity index (χ0n) is 16.9. The van der Waals surface area contributed by atoms with E-state index >= 15 is 0 Å². The molecule has 4 aromatic rings. The minimum absolute atomic E-state index is 0.0850. The van der Waals surface area contributed by atoms with Gasteiger partial charge in [-0.1, -0.05) is 29.8 Å². The summed E-state index contributed by atoms with van der Waals surface area (Å²) in [5.41, 5.74) is 2.77. The first-order valence-electron chi connectivity index (χ1n) is 9.44. The largest absolute Gasteiger partial charge is 0.422 e. The molecule has 0 spiro atoms. The Labute approximate surface area is 180 Å². The van der Waals surface area contributed by atoms with Crippen molar-refractivity contribution in [3.05, 3.63) is 90.3 Å². The Morgan fingerprint density at radius 3 is 2.23 bits per heavy atom. The van der Waals surface area contributed by atoms with Gasteiger partial charge in [-0.2, -0.15) is 0 Å². The van der Waals surface area contributed by atoms with Crippen LogP contribution in [0.1, 0.15) is 16.1 Å². The van der Waals surface area contributed by atoms with E-state index in [0.717, 1.165) is 5.56 Å². The molecule has 1 heterocycles. The minimum Gasteiger partial charge on any atom is -0.422 e. The molecule has 8 heteroatoms. The number of para-hydroxylation sites is 2. The number of hydrogen-bond acceptors (Lipinski definition) is 6. The summed E-state index contributed by atoms with van der Waals surface area (Å²) in [7, 11) is -2.23. The normalized spacial score (nSPS) is 11.3. The first kappa shape index (κ1) is 20.5. The number of carbonyl (C=O) groups is 1. The van der Waals surface area contributed by atoms with E-state index in [4.69, 9.17) is 4.74 Å². The Morgan fingerprint density at radius 1 is 0.903 bits per heavy atom. The second-order valence-corrected chi connectivity index (χ2v) is 8.88. The highest BCUT2D eigenvalue weighted by molar-refractivity contribution is 7.92. The standard InChI is InChI=1S/C23H19N3O4S/c1-16-7-13-19(14-8-16)31(28,29)26(2)17-9-11-18(12-10-17)30-23(27)22-15-24-20-5-3-4-6-21(20)25-22/h3-15H,1-2H3. The van der Waals surface area contributed by atoms with Crippen molar-refractivity contribution < 1.29 is 17.9 Å². The van der Waals surface area contributed by atoms with Crippen LogP contribution in [0, 0.1) is 6.92 Å². The van der Waals surface area contributed by atoms with Gasteiger partial charge in [0.2, 0.25) is 0 Å². The molecule has 0 aliphatic carbocycles. The van der Waals surface area contributed by atoms with Crippen molar-refractivity contribution in [2.45, 2.75) is 11.8 Å². The first-order chi connectivity index (χ1) is 14.8. The molecule has 0 radical (unpaired) electrons. The van der Waals surface area contributed by atoms with Crippen LogP contribution in [0.5, 0.6) is 5.75 Å². The Morgan fingerprint density at radius 2 is 1.55 bits per heavy atom. The van der Waals surface area contributed by atoms with E-state index in [9.17, 15) is 13.2 Å². The average Bonchev–Trinajstić information content (AvgIpc) is 2.79. The van der Waals surface area contributed by atoms with Gasteiger partial charge in [-0.25, -0.2) is 18.2 Å². The van der Waals surface area contributed by atoms with Gasteiger partial charge in [-0.3, -0.25) is 9.29 Å². The van der Waals surface area contributed by atoms with Crippen LogP contribution in [0.15, 0.2) is 83.9 Å². The first-order valence-corrected chi connectivity index (χ1v) is 10.9. The predicted octanol–water partition coefficient (Wildman–Crippen LogP) is 3.98. The molecule has 4 rings (SSSR count). The molecule has 0 bridgehead atoms. The van der Waals surface area contributed by atoms with Crippen molar-refractivity contribution in [1.82, 2.24) is 9.97 Å². The van der Waals surface area contributed by atoms with Crippen LogP contribution in [-0.4, -0.2) is 31.4 Å². The number of sulfonamides is 1. The number of fused-ring (bicyclic) bond motifs is 1. The van der Waals surface area contributed by atoms with Gasteiger partial charge in [0.15, 0.2) is 5.69 Å². The molecule has 0 saturated heterocycles. The van der Waals surface area contributed by atoms with Gasteiger partial charge in [-0.05, 0) is 55.5 Å². The summed E-state index contributed by atoms with van der Waals surface area (Å²) in [5, 5.41) is 0. The molecule has 0 saturated carbocycles. The van der Waals surface area contributed by atoms with E-state index in [2.05, 4.69) is 9.97 Å². The number of esters is 1. The van der Waals surface area contributed by atoms with E-state index in [1.54, 1.807) is 48.5 Å². The number of hydrogen-bond donors (Lipinski definition) is 0. The number of benzene rings is 3. The maximum atomic E-state index is 12.8. The van der Waals surface area contributed by atoms with Crippen LogP contribution >= 0.6 is 0 Å². The van der Waals surface area contributed by atoms with E-state index in [0.29, 0.717) is 16.7 Å². The molecule has 31 heavy (non-hydrogen) atoms. The van der Waals surface area contributed by atoms with Crippen LogP contribution in [0.2, 0.25) is 0 Å². The maximum absolute atomic E-state index is 12.8. The maximum Gasteiger partial charge on any atom is 0.363 e. The molecular weight excluding hydrogens is 414 g/mol. The molecule has 1 aromatic heterocycles. The van der Waals surface area contributed by atoms with Crippen molar-refractivity contribution >= 4 is 32.7 Å². The van der Waals surface area contributed by atoms with Crippen LogP contribution in [0.4, 0.5) is 5.69 Å². The Kier molecular flexibility index (Phi) is 5.39. The zero-order valence-corrected chi connectivity index (χ0v) is 17.7. The summed E-state index contributed by atoms with van der Waals surface area (Å²) < 4.78 is 32.2. The highest BCUT2D eigenvalue weighted by Crippen LogP contribution is 2.25. The smallest absolute Gasteiger partial charge is 0.363 e. The third-order valence-corrected chi connectivity index (χ3v) is 6.55. The zero-order chi connectivity index (χ0) is 22.0. The number of ether oxygens (including phenoxy) is 1. The molecule has 0 amide bonds. The van der Waals surface area contributed by atoms with Crippen molar-refractivity contribution in [3.8, 4) is 5.75 Å². The molecular formula is C23H19N3O4S. The molecule has 0 N–H and O–H groups in total. The Hall–Kier alpha value is -3.78. The monoisotopic (exact) mass is 433 g/mol.